The molecule has 0 atom stereocenters. The van der Waals surface area contributed by atoms with Gasteiger partial charge < -0.3 is 10.1 Å². The third-order valence-corrected chi connectivity index (χ3v) is 8.69. The standard InChI is InChI=1S/C27H31ClN2O4S2/c1-20-5-9-22(10-6-20)19-35-16-4-15-29-27(31)18-30(23-11-14-26(34-3)25(28)17-23)36(32,33)24-12-7-21(2)8-13-24/h5-14,17H,4,15-16,18-19H2,1-3H3,(H,29,31). The molecule has 0 aromatic heterocycles. The highest BCUT2D eigenvalue weighted by Crippen LogP contribution is 2.32. The molecule has 0 aliphatic rings. The van der Waals surface area contributed by atoms with Crippen LogP contribution >= 0.6 is 23.4 Å². The van der Waals surface area contributed by atoms with E-state index in [4.69, 9.17) is 16.3 Å². The first kappa shape index (κ1) is 27.9. The number of hydrogen-bond acceptors (Lipinski definition) is 5. The molecular formula is C27H31ClN2O4S2. The van der Waals surface area contributed by atoms with Crippen LogP contribution in [0.25, 0.3) is 0 Å². The van der Waals surface area contributed by atoms with Crippen LogP contribution in [0.4, 0.5) is 5.69 Å². The van der Waals surface area contributed by atoms with Crippen molar-refractivity contribution < 1.29 is 17.9 Å². The predicted molar refractivity (Wildman–Crippen MR) is 149 cm³/mol. The number of thioether (sulfide) groups is 1. The molecule has 0 saturated carbocycles. The van der Waals surface area contributed by atoms with Gasteiger partial charge in [-0.15, -0.1) is 0 Å². The lowest BCUT2D eigenvalue weighted by Gasteiger charge is -2.24. The molecule has 1 amide bonds. The van der Waals surface area contributed by atoms with Crippen LogP contribution in [0.1, 0.15) is 23.1 Å². The Hall–Kier alpha value is -2.68. The largest absolute Gasteiger partial charge is 0.495 e. The van der Waals surface area contributed by atoms with Crippen molar-refractivity contribution in [3.63, 3.8) is 0 Å². The van der Waals surface area contributed by atoms with E-state index in [9.17, 15) is 13.2 Å². The third-order valence-electron chi connectivity index (χ3n) is 5.50. The van der Waals surface area contributed by atoms with Gasteiger partial charge in [-0.1, -0.05) is 59.1 Å². The summed E-state index contributed by atoms with van der Waals surface area (Å²) < 4.78 is 33.2. The van der Waals surface area contributed by atoms with Gasteiger partial charge in [0.05, 0.1) is 22.7 Å². The highest BCUT2D eigenvalue weighted by molar-refractivity contribution is 7.98. The zero-order chi connectivity index (χ0) is 26.1. The Morgan fingerprint density at radius 1 is 1.00 bits per heavy atom. The van der Waals surface area contributed by atoms with Crippen molar-refractivity contribution in [1.29, 1.82) is 0 Å². The zero-order valence-electron chi connectivity index (χ0n) is 20.7. The molecule has 0 saturated heterocycles. The van der Waals surface area contributed by atoms with Gasteiger partial charge in [0, 0.05) is 12.3 Å². The summed E-state index contributed by atoms with van der Waals surface area (Å²) in [6, 6.07) is 19.6. The van der Waals surface area contributed by atoms with Crippen LogP contribution in [0.2, 0.25) is 5.02 Å². The molecule has 0 aliphatic carbocycles. The highest BCUT2D eigenvalue weighted by atomic mass is 35.5. The van der Waals surface area contributed by atoms with Crippen molar-refractivity contribution in [2.75, 3.05) is 30.3 Å². The monoisotopic (exact) mass is 546 g/mol. The van der Waals surface area contributed by atoms with E-state index in [2.05, 4.69) is 36.5 Å². The average Bonchev–Trinajstić information content (AvgIpc) is 2.86. The Morgan fingerprint density at radius 2 is 1.64 bits per heavy atom. The molecule has 0 unspecified atom stereocenters. The molecule has 36 heavy (non-hydrogen) atoms. The lowest BCUT2D eigenvalue weighted by molar-refractivity contribution is -0.119. The second-order valence-electron chi connectivity index (χ2n) is 8.39. The zero-order valence-corrected chi connectivity index (χ0v) is 23.0. The molecule has 1 N–H and O–H groups in total. The van der Waals surface area contributed by atoms with Gasteiger partial charge in [-0.3, -0.25) is 9.10 Å². The number of sulfonamides is 1. The van der Waals surface area contributed by atoms with Crippen molar-refractivity contribution in [2.45, 2.75) is 30.9 Å². The fraction of sp³-hybridized carbons (Fsp3) is 0.296. The highest BCUT2D eigenvalue weighted by Gasteiger charge is 2.27. The van der Waals surface area contributed by atoms with E-state index < -0.39 is 10.0 Å². The van der Waals surface area contributed by atoms with Crippen molar-refractivity contribution in [3.8, 4) is 5.75 Å². The fourth-order valence-electron chi connectivity index (χ4n) is 3.43. The number of aryl methyl sites for hydroxylation is 2. The van der Waals surface area contributed by atoms with E-state index in [-0.39, 0.29) is 28.1 Å². The average molecular weight is 547 g/mol. The van der Waals surface area contributed by atoms with Crippen LogP contribution in [0.5, 0.6) is 5.75 Å². The second kappa shape index (κ2) is 13.0. The first-order valence-electron chi connectivity index (χ1n) is 11.5. The maximum atomic E-state index is 13.5. The van der Waals surface area contributed by atoms with E-state index in [1.807, 2.05) is 6.92 Å². The number of amides is 1. The number of benzene rings is 3. The molecule has 0 heterocycles. The van der Waals surface area contributed by atoms with E-state index in [1.54, 1.807) is 36.0 Å². The Morgan fingerprint density at radius 3 is 2.25 bits per heavy atom. The molecule has 3 aromatic carbocycles. The predicted octanol–water partition coefficient (Wildman–Crippen LogP) is 5.60. The number of anilines is 1. The van der Waals surface area contributed by atoms with Crippen LogP contribution in [0.15, 0.2) is 71.6 Å². The van der Waals surface area contributed by atoms with E-state index in [0.29, 0.717) is 12.3 Å². The summed E-state index contributed by atoms with van der Waals surface area (Å²) in [5.41, 5.74) is 3.72. The SMILES string of the molecule is COc1ccc(N(CC(=O)NCCCSCc2ccc(C)cc2)S(=O)(=O)c2ccc(C)cc2)cc1Cl. The number of carbonyl (C=O) groups is 1. The van der Waals surface area contributed by atoms with Gasteiger partial charge in [0.1, 0.15) is 12.3 Å². The van der Waals surface area contributed by atoms with Crippen molar-refractivity contribution in [3.05, 3.63) is 88.4 Å². The molecule has 0 fully saturated rings. The molecule has 9 heteroatoms. The molecule has 0 radical (unpaired) electrons. The number of nitrogens with zero attached hydrogens (tertiary/aromatic N) is 1. The lowest BCUT2D eigenvalue weighted by atomic mass is 10.2. The van der Waals surface area contributed by atoms with Gasteiger partial charge in [-0.05, 0) is 61.9 Å². The van der Waals surface area contributed by atoms with Crippen LogP contribution in [0, 0.1) is 13.8 Å². The first-order chi connectivity index (χ1) is 17.2. The number of hydrogen-bond donors (Lipinski definition) is 1. The summed E-state index contributed by atoms with van der Waals surface area (Å²) in [6.45, 7) is 4.04. The summed E-state index contributed by atoms with van der Waals surface area (Å²) in [7, 11) is -2.53. The van der Waals surface area contributed by atoms with E-state index in [0.717, 1.165) is 27.8 Å². The van der Waals surface area contributed by atoms with Gasteiger partial charge in [0.15, 0.2) is 0 Å². The maximum absolute atomic E-state index is 13.5. The van der Waals surface area contributed by atoms with E-state index >= 15 is 0 Å². The number of ether oxygens (including phenoxy) is 1. The van der Waals surface area contributed by atoms with Crippen LogP contribution in [-0.2, 0) is 20.6 Å². The number of nitrogens with one attached hydrogen (secondary N) is 1. The molecule has 0 aliphatic heterocycles. The minimum absolute atomic E-state index is 0.0975. The number of carbonyl (C=O) groups excluding carboxylic acids is 1. The van der Waals surface area contributed by atoms with Gasteiger partial charge in [0.2, 0.25) is 5.91 Å². The van der Waals surface area contributed by atoms with Crippen LogP contribution in [0.3, 0.4) is 0 Å². The van der Waals surface area contributed by atoms with Gasteiger partial charge >= 0.3 is 0 Å². The van der Waals surface area contributed by atoms with Gasteiger partial charge in [0.25, 0.3) is 10.0 Å². The summed E-state index contributed by atoms with van der Waals surface area (Å²) in [6.07, 6.45) is 0.779. The number of methoxy groups -OCH3 is 1. The summed E-state index contributed by atoms with van der Waals surface area (Å²) in [4.78, 5) is 12.9. The Labute approximate surface area is 223 Å². The summed E-state index contributed by atoms with van der Waals surface area (Å²) >= 11 is 8.06. The number of rotatable bonds is 12. The molecule has 3 rings (SSSR count). The van der Waals surface area contributed by atoms with E-state index in [1.165, 1.54) is 36.4 Å². The van der Waals surface area contributed by atoms with Crippen molar-refractivity contribution >= 4 is 45.0 Å². The third kappa shape index (κ3) is 7.66. The maximum Gasteiger partial charge on any atom is 0.264 e. The first-order valence-corrected chi connectivity index (χ1v) is 14.5. The van der Waals surface area contributed by atoms with Crippen molar-refractivity contribution in [1.82, 2.24) is 5.32 Å². The van der Waals surface area contributed by atoms with Crippen LogP contribution in [-0.4, -0.2) is 40.3 Å². The molecule has 0 bridgehead atoms. The summed E-state index contributed by atoms with van der Waals surface area (Å²) in [5, 5.41) is 3.10. The molecular weight excluding hydrogens is 516 g/mol. The topological polar surface area (TPSA) is 75.7 Å². The lowest BCUT2D eigenvalue weighted by Crippen LogP contribution is -2.41. The van der Waals surface area contributed by atoms with Gasteiger partial charge in [-0.25, -0.2) is 8.42 Å². The number of halogens is 1. The van der Waals surface area contributed by atoms with Crippen LogP contribution < -0.4 is 14.4 Å². The molecule has 3 aromatic rings. The normalized spacial score (nSPS) is 11.2. The molecule has 6 nitrogen and oxygen atoms in total. The minimum Gasteiger partial charge on any atom is -0.495 e. The van der Waals surface area contributed by atoms with Crippen molar-refractivity contribution in [2.24, 2.45) is 0 Å². The molecule has 0 spiro atoms. The Kier molecular flexibility index (Phi) is 10.1. The summed E-state index contributed by atoms with van der Waals surface area (Å²) in [5.74, 6) is 1.82. The van der Waals surface area contributed by atoms with Gasteiger partial charge in [-0.2, -0.15) is 11.8 Å². The Bertz CT molecular complexity index is 1260. The molecule has 192 valence electrons. The Balaban J connectivity index is 1.63. The smallest absolute Gasteiger partial charge is 0.264 e. The fourth-order valence-corrected chi connectivity index (χ4v) is 6.01. The minimum atomic E-state index is -4.01. The second-order valence-corrected chi connectivity index (χ2v) is 11.8. The quantitative estimate of drug-likeness (QED) is 0.299.